The molecular weight excluding hydrogens is 150 g/mol. The summed E-state index contributed by atoms with van der Waals surface area (Å²) in [6.07, 6.45) is 4.02. The van der Waals surface area contributed by atoms with E-state index < -0.39 is 0 Å². The average Bonchev–Trinajstić information content (AvgIpc) is 2.37. The van der Waals surface area contributed by atoms with Gasteiger partial charge in [0, 0.05) is 19.2 Å². The predicted molar refractivity (Wildman–Crippen MR) is 51.3 cm³/mol. The van der Waals surface area contributed by atoms with E-state index in [9.17, 15) is 0 Å². The van der Waals surface area contributed by atoms with Crippen LogP contribution in [0.3, 0.4) is 0 Å². The van der Waals surface area contributed by atoms with Crippen LogP contribution in [0.1, 0.15) is 33.1 Å². The lowest BCUT2D eigenvalue weighted by Crippen LogP contribution is -2.38. The minimum Gasteiger partial charge on any atom is -0.384 e. The van der Waals surface area contributed by atoms with Gasteiger partial charge < -0.3 is 10.1 Å². The van der Waals surface area contributed by atoms with Crippen molar-refractivity contribution in [1.29, 1.82) is 0 Å². The van der Waals surface area contributed by atoms with Crippen molar-refractivity contribution in [1.82, 2.24) is 5.32 Å². The zero-order valence-corrected chi connectivity index (χ0v) is 8.47. The highest BCUT2D eigenvalue weighted by Crippen LogP contribution is 2.25. The van der Waals surface area contributed by atoms with Gasteiger partial charge in [0.05, 0.1) is 6.61 Å². The summed E-state index contributed by atoms with van der Waals surface area (Å²) in [5, 5.41) is 3.60. The van der Waals surface area contributed by atoms with Gasteiger partial charge in [0.25, 0.3) is 0 Å². The molecule has 0 aromatic rings. The molecule has 0 aromatic heterocycles. The van der Waals surface area contributed by atoms with Crippen molar-refractivity contribution in [3.8, 4) is 0 Å². The fourth-order valence-electron chi connectivity index (χ4n) is 2.10. The van der Waals surface area contributed by atoms with Crippen molar-refractivity contribution in [2.24, 2.45) is 5.92 Å². The molecule has 2 nitrogen and oxygen atoms in total. The highest BCUT2D eigenvalue weighted by Gasteiger charge is 2.26. The van der Waals surface area contributed by atoms with E-state index >= 15 is 0 Å². The molecule has 1 aliphatic rings. The molecule has 1 N–H and O–H groups in total. The molecule has 72 valence electrons. The molecule has 2 heteroatoms. The van der Waals surface area contributed by atoms with Crippen molar-refractivity contribution in [2.45, 2.75) is 45.2 Å². The molecule has 0 amide bonds. The van der Waals surface area contributed by atoms with E-state index in [0.29, 0.717) is 12.1 Å². The summed E-state index contributed by atoms with van der Waals surface area (Å²) in [6.45, 7) is 5.34. The minimum atomic E-state index is 0.604. The fourth-order valence-corrected chi connectivity index (χ4v) is 2.10. The maximum Gasteiger partial charge on any atom is 0.0505 e. The van der Waals surface area contributed by atoms with Crippen LogP contribution in [0.15, 0.2) is 0 Å². The van der Waals surface area contributed by atoms with Gasteiger partial charge in [-0.3, -0.25) is 0 Å². The van der Waals surface area contributed by atoms with Crippen LogP contribution in [0.2, 0.25) is 0 Å². The van der Waals surface area contributed by atoms with Crippen molar-refractivity contribution in [3.63, 3.8) is 0 Å². The first-order chi connectivity index (χ1) is 5.74. The standard InChI is InChI=1S/C10H21NO/c1-8(2)11-10-6-4-5-9(10)7-12-3/h8-11H,4-7H2,1-3H3/t9-,10?/m1/s1. The molecule has 1 aliphatic carbocycles. The molecule has 0 bridgehead atoms. The van der Waals surface area contributed by atoms with Gasteiger partial charge in [-0.05, 0) is 18.8 Å². The van der Waals surface area contributed by atoms with Gasteiger partial charge in [0.15, 0.2) is 0 Å². The molecule has 0 radical (unpaired) electrons. The molecule has 0 heterocycles. The number of nitrogens with one attached hydrogen (secondary N) is 1. The molecule has 1 saturated carbocycles. The van der Waals surface area contributed by atoms with E-state index in [-0.39, 0.29) is 0 Å². The Morgan fingerprint density at radius 3 is 2.75 bits per heavy atom. The third-order valence-electron chi connectivity index (χ3n) is 2.59. The number of ether oxygens (including phenoxy) is 1. The molecule has 2 atom stereocenters. The SMILES string of the molecule is COC[C@H]1CCCC1NC(C)C. The van der Waals surface area contributed by atoms with Crippen molar-refractivity contribution >= 4 is 0 Å². The zero-order valence-electron chi connectivity index (χ0n) is 8.47. The summed E-state index contributed by atoms with van der Waals surface area (Å²) in [5.41, 5.74) is 0. The summed E-state index contributed by atoms with van der Waals surface area (Å²) in [6, 6.07) is 1.30. The van der Waals surface area contributed by atoms with Crippen LogP contribution in [0.25, 0.3) is 0 Å². The lowest BCUT2D eigenvalue weighted by Gasteiger charge is -2.22. The van der Waals surface area contributed by atoms with Crippen LogP contribution >= 0.6 is 0 Å². The number of hydrogen-bond donors (Lipinski definition) is 1. The van der Waals surface area contributed by atoms with Gasteiger partial charge in [0.2, 0.25) is 0 Å². The van der Waals surface area contributed by atoms with Crippen molar-refractivity contribution < 1.29 is 4.74 Å². The van der Waals surface area contributed by atoms with Gasteiger partial charge in [-0.15, -0.1) is 0 Å². The summed E-state index contributed by atoms with van der Waals surface area (Å²) in [4.78, 5) is 0. The molecule has 1 fully saturated rings. The summed E-state index contributed by atoms with van der Waals surface area (Å²) >= 11 is 0. The number of hydrogen-bond acceptors (Lipinski definition) is 2. The first kappa shape index (κ1) is 10.0. The lowest BCUT2D eigenvalue weighted by molar-refractivity contribution is 0.139. The van der Waals surface area contributed by atoms with Crippen LogP contribution < -0.4 is 5.32 Å². The molecule has 0 aliphatic heterocycles. The Balaban J connectivity index is 2.30. The molecule has 0 aromatic carbocycles. The average molecular weight is 171 g/mol. The van der Waals surface area contributed by atoms with Crippen molar-refractivity contribution in [3.05, 3.63) is 0 Å². The normalized spacial score (nSPS) is 30.0. The third kappa shape index (κ3) is 2.76. The maximum absolute atomic E-state index is 5.20. The Kier molecular flexibility index (Phi) is 4.02. The summed E-state index contributed by atoms with van der Waals surface area (Å²) in [5.74, 6) is 0.748. The van der Waals surface area contributed by atoms with Crippen LogP contribution in [-0.4, -0.2) is 25.8 Å². The molecule has 1 rings (SSSR count). The topological polar surface area (TPSA) is 21.3 Å². The van der Waals surface area contributed by atoms with E-state index in [0.717, 1.165) is 12.5 Å². The Morgan fingerprint density at radius 1 is 1.42 bits per heavy atom. The van der Waals surface area contributed by atoms with Gasteiger partial charge in [-0.1, -0.05) is 20.3 Å². The summed E-state index contributed by atoms with van der Waals surface area (Å²) < 4.78 is 5.20. The van der Waals surface area contributed by atoms with E-state index in [1.807, 2.05) is 0 Å². The largest absolute Gasteiger partial charge is 0.384 e. The van der Waals surface area contributed by atoms with Crippen molar-refractivity contribution in [2.75, 3.05) is 13.7 Å². The van der Waals surface area contributed by atoms with Gasteiger partial charge in [-0.2, -0.15) is 0 Å². The Labute approximate surface area is 75.7 Å². The Morgan fingerprint density at radius 2 is 2.17 bits per heavy atom. The van der Waals surface area contributed by atoms with Gasteiger partial charge in [-0.25, -0.2) is 0 Å². The van der Waals surface area contributed by atoms with E-state index in [1.54, 1.807) is 7.11 Å². The van der Waals surface area contributed by atoms with Crippen LogP contribution in [0.4, 0.5) is 0 Å². The maximum atomic E-state index is 5.20. The number of methoxy groups -OCH3 is 1. The van der Waals surface area contributed by atoms with Crippen LogP contribution in [0.5, 0.6) is 0 Å². The second kappa shape index (κ2) is 4.83. The smallest absolute Gasteiger partial charge is 0.0505 e. The molecule has 0 spiro atoms. The van der Waals surface area contributed by atoms with Gasteiger partial charge in [0.1, 0.15) is 0 Å². The third-order valence-corrected chi connectivity index (χ3v) is 2.59. The zero-order chi connectivity index (χ0) is 8.97. The number of rotatable bonds is 4. The highest BCUT2D eigenvalue weighted by atomic mass is 16.5. The molecule has 12 heavy (non-hydrogen) atoms. The lowest BCUT2D eigenvalue weighted by atomic mass is 10.0. The first-order valence-electron chi connectivity index (χ1n) is 4.99. The Bertz CT molecular complexity index is 125. The van der Waals surface area contributed by atoms with E-state index in [1.165, 1.54) is 19.3 Å². The molecule has 0 saturated heterocycles. The second-order valence-electron chi connectivity index (χ2n) is 4.07. The quantitative estimate of drug-likeness (QED) is 0.696. The fraction of sp³-hybridized carbons (Fsp3) is 1.00. The van der Waals surface area contributed by atoms with E-state index in [2.05, 4.69) is 19.2 Å². The Hall–Kier alpha value is -0.0800. The van der Waals surface area contributed by atoms with Gasteiger partial charge >= 0.3 is 0 Å². The summed E-state index contributed by atoms with van der Waals surface area (Å²) in [7, 11) is 1.80. The predicted octanol–water partition coefficient (Wildman–Crippen LogP) is 1.80. The minimum absolute atomic E-state index is 0.604. The van der Waals surface area contributed by atoms with E-state index in [4.69, 9.17) is 4.74 Å². The first-order valence-corrected chi connectivity index (χ1v) is 4.99. The monoisotopic (exact) mass is 171 g/mol. The molecule has 1 unspecified atom stereocenters. The van der Waals surface area contributed by atoms with Crippen LogP contribution in [0, 0.1) is 5.92 Å². The highest BCUT2D eigenvalue weighted by molar-refractivity contribution is 4.83. The van der Waals surface area contributed by atoms with Crippen LogP contribution in [-0.2, 0) is 4.74 Å². The molecular formula is C10H21NO. The second-order valence-corrected chi connectivity index (χ2v) is 4.07.